The van der Waals surface area contributed by atoms with Gasteiger partial charge in [0, 0.05) is 6.54 Å². The molecule has 0 atom stereocenters. The van der Waals surface area contributed by atoms with E-state index in [-0.39, 0.29) is 12.5 Å². The molecule has 1 aromatic rings. The summed E-state index contributed by atoms with van der Waals surface area (Å²) in [6.07, 6.45) is 4.44. The van der Waals surface area contributed by atoms with Crippen LogP contribution in [0, 0.1) is 0 Å². The van der Waals surface area contributed by atoms with Crippen LogP contribution < -0.4 is 0 Å². The summed E-state index contributed by atoms with van der Waals surface area (Å²) in [6.45, 7) is 2.26. The van der Waals surface area contributed by atoms with E-state index in [1.165, 1.54) is 4.90 Å². The molecule has 1 aliphatic rings. The molecule has 0 aliphatic heterocycles. The summed E-state index contributed by atoms with van der Waals surface area (Å²) in [4.78, 5) is 25.6. The predicted molar refractivity (Wildman–Crippen MR) is 81.1 cm³/mol. The minimum Gasteiger partial charge on any atom is -0.480 e. The summed E-state index contributed by atoms with van der Waals surface area (Å²) >= 11 is 0. The lowest BCUT2D eigenvalue weighted by Gasteiger charge is -2.34. The van der Waals surface area contributed by atoms with Gasteiger partial charge in [0.2, 0.25) is 5.91 Å². The highest BCUT2D eigenvalue weighted by Gasteiger charge is 2.44. The first-order valence-corrected chi connectivity index (χ1v) is 7.67. The highest BCUT2D eigenvalue weighted by atomic mass is 16.4. The number of carbonyl (C=O) groups is 2. The van der Waals surface area contributed by atoms with Gasteiger partial charge in [-0.2, -0.15) is 0 Å². The zero-order valence-corrected chi connectivity index (χ0v) is 12.5. The number of hydrogen-bond donors (Lipinski definition) is 1. The number of carboxylic acid groups (broad SMARTS) is 1. The van der Waals surface area contributed by atoms with Gasteiger partial charge in [0.25, 0.3) is 0 Å². The minimum absolute atomic E-state index is 0.0181. The fraction of sp³-hybridized carbons (Fsp3) is 0.529. The van der Waals surface area contributed by atoms with Crippen molar-refractivity contribution in [3.05, 3.63) is 35.9 Å². The first kappa shape index (κ1) is 15.5. The van der Waals surface area contributed by atoms with Crippen molar-refractivity contribution in [3.8, 4) is 0 Å². The van der Waals surface area contributed by atoms with Crippen LogP contribution in [0.15, 0.2) is 30.3 Å². The second kappa shape index (κ2) is 6.74. The van der Waals surface area contributed by atoms with E-state index in [1.807, 2.05) is 37.3 Å². The van der Waals surface area contributed by atoms with Crippen LogP contribution in [0.2, 0.25) is 0 Å². The summed E-state index contributed by atoms with van der Waals surface area (Å²) in [5, 5.41) is 9.06. The molecule has 21 heavy (non-hydrogen) atoms. The van der Waals surface area contributed by atoms with Crippen LogP contribution in [0.5, 0.6) is 0 Å². The predicted octanol–water partition coefficient (Wildman–Crippen LogP) is 2.82. The lowest BCUT2D eigenvalue weighted by molar-refractivity contribution is -0.147. The number of benzene rings is 1. The zero-order valence-electron chi connectivity index (χ0n) is 12.5. The quantitative estimate of drug-likeness (QED) is 0.876. The summed E-state index contributed by atoms with van der Waals surface area (Å²) in [5.41, 5.74) is 0.505. The second-order valence-corrected chi connectivity index (χ2v) is 5.78. The molecule has 0 heterocycles. The summed E-state index contributed by atoms with van der Waals surface area (Å²) in [5.74, 6) is -0.964. The molecule has 114 valence electrons. The number of carboxylic acids is 1. The van der Waals surface area contributed by atoms with E-state index in [1.54, 1.807) is 0 Å². The van der Waals surface area contributed by atoms with Gasteiger partial charge < -0.3 is 10.0 Å². The number of amides is 1. The molecule has 1 fully saturated rings. The third-order valence-electron chi connectivity index (χ3n) is 4.30. The molecule has 1 aromatic carbocycles. The largest absolute Gasteiger partial charge is 0.480 e. The molecule has 1 saturated carbocycles. The van der Waals surface area contributed by atoms with Gasteiger partial charge in [-0.25, -0.2) is 0 Å². The average Bonchev–Trinajstić information content (AvgIpc) is 2.97. The standard InChI is InChI=1S/C17H23NO3/c1-2-12-18(13-15(19)20)16(21)17(10-6-7-11-17)14-8-4-3-5-9-14/h3-5,8-9H,2,6-7,10-13H2,1H3,(H,19,20). The first-order chi connectivity index (χ1) is 10.1. The zero-order chi connectivity index (χ0) is 15.3. The monoisotopic (exact) mass is 289 g/mol. The Kier molecular flexibility index (Phi) is 4.99. The fourth-order valence-corrected chi connectivity index (χ4v) is 3.35. The highest BCUT2D eigenvalue weighted by Crippen LogP contribution is 2.42. The normalized spacial score (nSPS) is 16.6. The molecule has 0 saturated heterocycles. The van der Waals surface area contributed by atoms with Gasteiger partial charge in [-0.3, -0.25) is 9.59 Å². The summed E-state index contributed by atoms with van der Waals surface area (Å²) < 4.78 is 0. The van der Waals surface area contributed by atoms with E-state index in [9.17, 15) is 9.59 Å². The van der Waals surface area contributed by atoms with Crippen molar-refractivity contribution in [1.29, 1.82) is 0 Å². The smallest absolute Gasteiger partial charge is 0.323 e. The van der Waals surface area contributed by atoms with Gasteiger partial charge in [0.05, 0.1) is 5.41 Å². The topological polar surface area (TPSA) is 57.6 Å². The van der Waals surface area contributed by atoms with Crippen LogP contribution in [-0.4, -0.2) is 35.0 Å². The minimum atomic E-state index is -0.946. The molecule has 1 N–H and O–H groups in total. The van der Waals surface area contributed by atoms with Gasteiger partial charge >= 0.3 is 5.97 Å². The number of rotatable bonds is 6. The van der Waals surface area contributed by atoms with Gasteiger partial charge in [0.15, 0.2) is 0 Å². The van der Waals surface area contributed by atoms with Crippen molar-refractivity contribution in [2.75, 3.05) is 13.1 Å². The Labute approximate surface area is 125 Å². The SMILES string of the molecule is CCCN(CC(=O)O)C(=O)C1(c2ccccc2)CCCC1. The number of aliphatic carboxylic acids is 1. The van der Waals surface area contributed by atoms with Gasteiger partial charge in [-0.05, 0) is 24.8 Å². The fourth-order valence-electron chi connectivity index (χ4n) is 3.35. The Bertz CT molecular complexity index is 492. The molecule has 1 amide bonds. The lowest BCUT2D eigenvalue weighted by Crippen LogP contribution is -2.47. The van der Waals surface area contributed by atoms with Crippen molar-refractivity contribution < 1.29 is 14.7 Å². The molecule has 0 bridgehead atoms. The molecule has 0 aromatic heterocycles. The first-order valence-electron chi connectivity index (χ1n) is 7.67. The van der Waals surface area contributed by atoms with Gasteiger partial charge in [-0.15, -0.1) is 0 Å². The molecule has 2 rings (SSSR count). The number of carbonyl (C=O) groups excluding carboxylic acids is 1. The third-order valence-corrected chi connectivity index (χ3v) is 4.30. The molecule has 1 aliphatic carbocycles. The second-order valence-electron chi connectivity index (χ2n) is 5.78. The highest BCUT2D eigenvalue weighted by molar-refractivity contribution is 5.90. The maximum Gasteiger partial charge on any atom is 0.323 e. The van der Waals surface area contributed by atoms with E-state index in [4.69, 9.17) is 5.11 Å². The Morgan fingerprint density at radius 1 is 1.19 bits per heavy atom. The van der Waals surface area contributed by atoms with Crippen LogP contribution >= 0.6 is 0 Å². The van der Waals surface area contributed by atoms with Crippen molar-refractivity contribution in [2.24, 2.45) is 0 Å². The molecule has 0 unspecified atom stereocenters. The van der Waals surface area contributed by atoms with Crippen LogP contribution in [-0.2, 0) is 15.0 Å². The number of nitrogens with zero attached hydrogens (tertiary/aromatic N) is 1. The van der Waals surface area contributed by atoms with Crippen molar-refractivity contribution in [2.45, 2.75) is 44.4 Å². The maximum atomic E-state index is 13.1. The summed E-state index contributed by atoms with van der Waals surface area (Å²) in [6, 6.07) is 9.83. The molecule has 0 spiro atoms. The van der Waals surface area contributed by atoms with Crippen molar-refractivity contribution in [3.63, 3.8) is 0 Å². The van der Waals surface area contributed by atoms with E-state index in [0.717, 1.165) is 37.7 Å². The van der Waals surface area contributed by atoms with E-state index in [2.05, 4.69) is 0 Å². The van der Waals surface area contributed by atoms with Crippen LogP contribution in [0.4, 0.5) is 0 Å². The van der Waals surface area contributed by atoms with Crippen LogP contribution in [0.25, 0.3) is 0 Å². The summed E-state index contributed by atoms with van der Waals surface area (Å²) in [7, 11) is 0. The van der Waals surface area contributed by atoms with Crippen LogP contribution in [0.3, 0.4) is 0 Å². The Morgan fingerprint density at radius 2 is 1.81 bits per heavy atom. The van der Waals surface area contributed by atoms with Gasteiger partial charge in [0.1, 0.15) is 6.54 Å². The van der Waals surface area contributed by atoms with E-state index in [0.29, 0.717) is 6.54 Å². The average molecular weight is 289 g/mol. The third kappa shape index (κ3) is 3.26. The Balaban J connectivity index is 2.32. The van der Waals surface area contributed by atoms with Crippen molar-refractivity contribution >= 4 is 11.9 Å². The van der Waals surface area contributed by atoms with Crippen LogP contribution in [0.1, 0.15) is 44.6 Å². The molecular formula is C17H23NO3. The van der Waals surface area contributed by atoms with Gasteiger partial charge in [-0.1, -0.05) is 50.1 Å². The van der Waals surface area contributed by atoms with E-state index >= 15 is 0 Å². The Hall–Kier alpha value is -1.84. The Morgan fingerprint density at radius 3 is 2.33 bits per heavy atom. The van der Waals surface area contributed by atoms with E-state index < -0.39 is 11.4 Å². The molecule has 4 heteroatoms. The van der Waals surface area contributed by atoms with Crippen molar-refractivity contribution in [1.82, 2.24) is 4.90 Å². The lowest BCUT2D eigenvalue weighted by atomic mass is 9.77. The maximum absolute atomic E-state index is 13.1. The molecule has 4 nitrogen and oxygen atoms in total. The number of hydrogen-bond acceptors (Lipinski definition) is 2. The molecular weight excluding hydrogens is 266 g/mol. The molecule has 0 radical (unpaired) electrons.